The van der Waals surface area contributed by atoms with Gasteiger partial charge in [0, 0.05) is 43.5 Å². The molecule has 0 aliphatic carbocycles. The number of fused-ring (bicyclic) bond motifs is 1. The van der Waals surface area contributed by atoms with Crippen LogP contribution in [0.25, 0.3) is 0 Å². The van der Waals surface area contributed by atoms with E-state index in [9.17, 15) is 9.59 Å². The van der Waals surface area contributed by atoms with Crippen LogP contribution < -0.4 is 15.9 Å². The standard InChI is InChI=1S/C25H30N6O2/c1-17(23-27-25(33)29-28-23)26-21-11-14-30(15-12-21)22-8-6-19(7-9-22)24(32)31-13-10-18-4-2-3-5-20(18)16-31/h2-9,17,21,26H,10-16H2,1H3,(H2,27,28,29,33). The maximum absolute atomic E-state index is 13.0. The average molecular weight is 447 g/mol. The van der Waals surface area contributed by atoms with Crippen molar-refractivity contribution in [3.05, 3.63) is 81.5 Å². The zero-order valence-corrected chi connectivity index (χ0v) is 18.9. The minimum atomic E-state index is -0.277. The molecule has 5 rings (SSSR count). The predicted octanol–water partition coefficient (Wildman–Crippen LogP) is 2.62. The third-order valence-electron chi connectivity index (χ3n) is 6.81. The summed E-state index contributed by atoms with van der Waals surface area (Å²) in [6.45, 7) is 5.34. The van der Waals surface area contributed by atoms with Crippen molar-refractivity contribution in [2.24, 2.45) is 0 Å². The first kappa shape index (κ1) is 21.5. The van der Waals surface area contributed by atoms with Gasteiger partial charge < -0.3 is 15.1 Å². The van der Waals surface area contributed by atoms with Crippen LogP contribution in [0.2, 0.25) is 0 Å². The van der Waals surface area contributed by atoms with Crippen LogP contribution in [-0.4, -0.2) is 51.7 Å². The summed E-state index contributed by atoms with van der Waals surface area (Å²) < 4.78 is 0. The molecule has 3 heterocycles. The van der Waals surface area contributed by atoms with E-state index in [0.717, 1.165) is 50.1 Å². The van der Waals surface area contributed by atoms with Gasteiger partial charge in [0.25, 0.3) is 5.91 Å². The highest BCUT2D eigenvalue weighted by Gasteiger charge is 2.24. The molecule has 8 heteroatoms. The van der Waals surface area contributed by atoms with E-state index in [1.807, 2.05) is 30.0 Å². The Kier molecular flexibility index (Phi) is 6.00. The van der Waals surface area contributed by atoms with Crippen LogP contribution in [0.15, 0.2) is 53.3 Å². The molecule has 2 aliphatic heterocycles. The van der Waals surface area contributed by atoms with Gasteiger partial charge in [-0.25, -0.2) is 9.89 Å². The predicted molar refractivity (Wildman–Crippen MR) is 127 cm³/mol. The molecule has 2 aromatic carbocycles. The Bertz CT molecular complexity index is 1160. The van der Waals surface area contributed by atoms with E-state index in [1.165, 1.54) is 11.1 Å². The van der Waals surface area contributed by atoms with Crippen LogP contribution in [-0.2, 0) is 13.0 Å². The molecule has 0 bridgehead atoms. The van der Waals surface area contributed by atoms with Crippen molar-refractivity contribution >= 4 is 11.6 Å². The van der Waals surface area contributed by atoms with Crippen molar-refractivity contribution < 1.29 is 4.79 Å². The number of carbonyl (C=O) groups excluding carboxylic acids is 1. The van der Waals surface area contributed by atoms with Gasteiger partial charge in [0.05, 0.1) is 6.04 Å². The summed E-state index contributed by atoms with van der Waals surface area (Å²) in [7, 11) is 0. The van der Waals surface area contributed by atoms with Crippen molar-refractivity contribution in [3.8, 4) is 0 Å². The second-order valence-electron chi connectivity index (χ2n) is 9.00. The average Bonchev–Trinajstić information content (AvgIpc) is 3.30. The smallest absolute Gasteiger partial charge is 0.340 e. The largest absolute Gasteiger partial charge is 0.371 e. The molecule has 1 saturated heterocycles. The summed E-state index contributed by atoms with van der Waals surface area (Å²) in [4.78, 5) is 31.3. The van der Waals surface area contributed by atoms with Crippen LogP contribution in [0, 0.1) is 0 Å². The van der Waals surface area contributed by atoms with E-state index in [-0.39, 0.29) is 17.6 Å². The maximum atomic E-state index is 13.0. The first-order valence-corrected chi connectivity index (χ1v) is 11.7. The number of nitrogens with zero attached hydrogens (tertiary/aromatic N) is 3. The topological polar surface area (TPSA) is 97.1 Å². The zero-order valence-electron chi connectivity index (χ0n) is 18.9. The van der Waals surface area contributed by atoms with Crippen molar-refractivity contribution in [1.29, 1.82) is 0 Å². The van der Waals surface area contributed by atoms with Gasteiger partial charge in [-0.3, -0.25) is 9.78 Å². The molecule has 1 fully saturated rings. The van der Waals surface area contributed by atoms with E-state index in [2.05, 4.69) is 55.7 Å². The first-order valence-electron chi connectivity index (χ1n) is 11.7. The number of hydrogen-bond donors (Lipinski definition) is 3. The number of benzene rings is 2. The molecule has 1 amide bonds. The number of rotatable bonds is 5. The second kappa shape index (κ2) is 9.23. The molecule has 1 unspecified atom stereocenters. The quantitative estimate of drug-likeness (QED) is 0.560. The normalized spacial score (nSPS) is 17.6. The molecule has 172 valence electrons. The number of aromatic nitrogens is 3. The van der Waals surface area contributed by atoms with Crippen LogP contribution in [0.4, 0.5) is 5.69 Å². The number of amides is 1. The highest BCUT2D eigenvalue weighted by Crippen LogP contribution is 2.24. The Balaban J connectivity index is 1.15. The fraction of sp³-hybridized carbons (Fsp3) is 0.400. The van der Waals surface area contributed by atoms with Gasteiger partial charge in [-0.05, 0) is 61.6 Å². The number of piperidine rings is 1. The van der Waals surface area contributed by atoms with Gasteiger partial charge >= 0.3 is 5.69 Å². The lowest BCUT2D eigenvalue weighted by Gasteiger charge is -2.35. The zero-order chi connectivity index (χ0) is 22.8. The highest BCUT2D eigenvalue weighted by molar-refractivity contribution is 5.94. The molecular weight excluding hydrogens is 416 g/mol. The Morgan fingerprint density at radius 1 is 1.06 bits per heavy atom. The number of H-pyrrole nitrogens is 2. The molecule has 0 saturated carbocycles. The van der Waals surface area contributed by atoms with Gasteiger partial charge in [-0.1, -0.05) is 24.3 Å². The van der Waals surface area contributed by atoms with Crippen LogP contribution in [0.5, 0.6) is 0 Å². The highest BCUT2D eigenvalue weighted by atomic mass is 16.2. The Morgan fingerprint density at radius 2 is 1.79 bits per heavy atom. The molecule has 0 spiro atoms. The molecule has 1 aromatic heterocycles. The lowest BCUT2D eigenvalue weighted by Crippen LogP contribution is -2.43. The Hall–Kier alpha value is -3.39. The lowest BCUT2D eigenvalue weighted by atomic mass is 9.99. The first-order chi connectivity index (χ1) is 16.1. The molecule has 3 N–H and O–H groups in total. The van der Waals surface area contributed by atoms with E-state index in [0.29, 0.717) is 18.4 Å². The minimum absolute atomic E-state index is 0.00690. The number of carbonyl (C=O) groups is 1. The molecule has 3 aromatic rings. The van der Waals surface area contributed by atoms with E-state index in [1.54, 1.807) is 0 Å². The number of aromatic amines is 2. The summed E-state index contributed by atoms with van der Waals surface area (Å²) >= 11 is 0. The number of anilines is 1. The number of hydrogen-bond acceptors (Lipinski definition) is 5. The minimum Gasteiger partial charge on any atom is -0.371 e. The summed E-state index contributed by atoms with van der Waals surface area (Å²) in [6.07, 6.45) is 2.93. The lowest BCUT2D eigenvalue weighted by molar-refractivity contribution is 0.0734. The van der Waals surface area contributed by atoms with Crippen LogP contribution in [0.3, 0.4) is 0 Å². The van der Waals surface area contributed by atoms with E-state index in [4.69, 9.17) is 0 Å². The van der Waals surface area contributed by atoms with Crippen LogP contribution >= 0.6 is 0 Å². The van der Waals surface area contributed by atoms with Gasteiger partial charge in [-0.15, -0.1) is 0 Å². The Labute approximate surface area is 193 Å². The fourth-order valence-corrected chi connectivity index (χ4v) is 4.89. The van der Waals surface area contributed by atoms with Gasteiger partial charge in [0.1, 0.15) is 5.82 Å². The molecule has 0 radical (unpaired) electrons. The van der Waals surface area contributed by atoms with Gasteiger partial charge in [0.15, 0.2) is 0 Å². The van der Waals surface area contributed by atoms with Crippen molar-refractivity contribution in [3.63, 3.8) is 0 Å². The van der Waals surface area contributed by atoms with E-state index < -0.39 is 0 Å². The number of nitrogens with one attached hydrogen (secondary N) is 3. The summed E-state index contributed by atoms with van der Waals surface area (Å²) in [5, 5.41) is 9.99. The SMILES string of the molecule is CC(NC1CCN(c2ccc(C(=O)N3CCc4ccccc4C3)cc2)CC1)c1n[nH]c(=O)[nH]1. The summed E-state index contributed by atoms with van der Waals surface area (Å²) in [5.41, 5.74) is 4.22. The van der Waals surface area contributed by atoms with Gasteiger partial charge in [0.2, 0.25) is 0 Å². The molecule has 8 nitrogen and oxygen atoms in total. The van der Waals surface area contributed by atoms with E-state index >= 15 is 0 Å². The molecule has 2 aliphatic rings. The molecule has 33 heavy (non-hydrogen) atoms. The van der Waals surface area contributed by atoms with Crippen molar-refractivity contribution in [2.75, 3.05) is 24.5 Å². The van der Waals surface area contributed by atoms with Crippen LogP contribution in [0.1, 0.15) is 53.1 Å². The van der Waals surface area contributed by atoms with Crippen molar-refractivity contribution in [1.82, 2.24) is 25.4 Å². The van der Waals surface area contributed by atoms with Gasteiger partial charge in [-0.2, -0.15) is 5.10 Å². The molecular formula is C25H30N6O2. The fourth-order valence-electron chi connectivity index (χ4n) is 4.89. The second-order valence-corrected chi connectivity index (χ2v) is 9.00. The summed E-state index contributed by atoms with van der Waals surface area (Å²) in [5.74, 6) is 0.740. The van der Waals surface area contributed by atoms with Crippen molar-refractivity contribution in [2.45, 2.75) is 44.8 Å². The molecule has 1 atom stereocenters. The summed E-state index contributed by atoms with van der Waals surface area (Å²) in [6, 6.07) is 16.8. The maximum Gasteiger partial charge on any atom is 0.340 e. The third-order valence-corrected chi connectivity index (χ3v) is 6.81. The Morgan fingerprint density at radius 3 is 2.48 bits per heavy atom. The monoisotopic (exact) mass is 446 g/mol. The third kappa shape index (κ3) is 4.71.